The van der Waals surface area contributed by atoms with Gasteiger partial charge in [0, 0.05) is 15.2 Å². The monoisotopic (exact) mass is 468 g/mol. The Bertz CT molecular complexity index is 1270. The molecule has 0 saturated carbocycles. The lowest BCUT2D eigenvalue weighted by atomic mass is 9.77. The SMILES string of the molecule is CC1(C)c2ccccc2Sc2cc(-c3cccc(C4NNC(C5=CCCC=C5)S4)c3)ccc21. The van der Waals surface area contributed by atoms with E-state index in [9.17, 15) is 0 Å². The first-order chi connectivity index (χ1) is 16.1. The molecule has 1 fully saturated rings. The van der Waals surface area contributed by atoms with Crippen molar-refractivity contribution in [3.63, 3.8) is 0 Å². The van der Waals surface area contributed by atoms with Crippen LogP contribution in [0, 0.1) is 0 Å². The van der Waals surface area contributed by atoms with Crippen molar-refractivity contribution in [2.75, 3.05) is 0 Å². The van der Waals surface area contributed by atoms with Gasteiger partial charge in [-0.1, -0.05) is 92.4 Å². The summed E-state index contributed by atoms with van der Waals surface area (Å²) in [5.74, 6) is 0. The summed E-state index contributed by atoms with van der Waals surface area (Å²) >= 11 is 3.84. The van der Waals surface area contributed by atoms with E-state index in [0.29, 0.717) is 5.37 Å². The maximum absolute atomic E-state index is 3.50. The van der Waals surface area contributed by atoms with Gasteiger partial charge in [-0.3, -0.25) is 0 Å². The first kappa shape index (κ1) is 21.3. The molecule has 0 spiro atoms. The molecule has 2 nitrogen and oxygen atoms in total. The smallest absolute Gasteiger partial charge is 0.0936 e. The van der Waals surface area contributed by atoms with Gasteiger partial charge in [0.05, 0.1) is 10.7 Å². The van der Waals surface area contributed by atoms with Gasteiger partial charge in [-0.15, -0.1) is 11.8 Å². The van der Waals surface area contributed by atoms with E-state index in [1.165, 1.54) is 43.2 Å². The second-order valence-electron chi connectivity index (χ2n) is 9.43. The van der Waals surface area contributed by atoms with Crippen LogP contribution in [0.2, 0.25) is 0 Å². The zero-order chi connectivity index (χ0) is 22.4. The molecule has 33 heavy (non-hydrogen) atoms. The van der Waals surface area contributed by atoms with E-state index in [0.717, 1.165) is 12.8 Å². The average molecular weight is 469 g/mol. The Balaban J connectivity index is 1.28. The van der Waals surface area contributed by atoms with E-state index in [4.69, 9.17) is 0 Å². The Labute approximate surface area is 204 Å². The second kappa shape index (κ2) is 8.52. The van der Waals surface area contributed by atoms with Gasteiger partial charge in [-0.2, -0.15) is 0 Å². The lowest BCUT2D eigenvalue weighted by Crippen LogP contribution is -2.31. The lowest BCUT2D eigenvalue weighted by Gasteiger charge is -2.34. The van der Waals surface area contributed by atoms with E-state index in [2.05, 4.69) is 110 Å². The zero-order valence-corrected chi connectivity index (χ0v) is 20.6. The van der Waals surface area contributed by atoms with Crippen LogP contribution in [0.5, 0.6) is 0 Å². The standard InChI is InChI=1S/C29H28N2S2/c1-29(2)23-13-6-7-14-25(23)32-26-18-21(15-16-24(26)29)20-11-8-12-22(17-20)28-31-30-27(33-28)19-9-4-3-5-10-19/h4,6-18,27-28,30-31H,3,5H2,1-2H3. The fraction of sp³-hybridized carbons (Fsp3) is 0.241. The topological polar surface area (TPSA) is 24.1 Å². The minimum atomic E-state index is 0.0187. The minimum Gasteiger partial charge on any atom is -0.239 e. The van der Waals surface area contributed by atoms with Crippen LogP contribution in [0.25, 0.3) is 11.1 Å². The number of hydrogen-bond acceptors (Lipinski definition) is 4. The highest BCUT2D eigenvalue weighted by molar-refractivity contribution is 8.00. The van der Waals surface area contributed by atoms with Gasteiger partial charge in [-0.05, 0) is 64.4 Å². The Morgan fingerprint density at radius 3 is 2.48 bits per heavy atom. The predicted octanol–water partition coefficient (Wildman–Crippen LogP) is 7.59. The molecular formula is C29H28N2S2. The summed E-state index contributed by atoms with van der Waals surface area (Å²) in [6, 6.07) is 24.8. The molecule has 2 atom stereocenters. The summed E-state index contributed by atoms with van der Waals surface area (Å²) in [6.07, 6.45) is 9.19. The molecule has 0 aromatic heterocycles. The van der Waals surface area contributed by atoms with Crippen molar-refractivity contribution in [3.05, 3.63) is 107 Å². The van der Waals surface area contributed by atoms with Gasteiger partial charge < -0.3 is 0 Å². The average Bonchev–Trinajstić information content (AvgIpc) is 3.35. The number of benzene rings is 3. The van der Waals surface area contributed by atoms with E-state index < -0.39 is 0 Å². The zero-order valence-electron chi connectivity index (χ0n) is 19.0. The molecule has 0 amide bonds. The quantitative estimate of drug-likeness (QED) is 0.413. The van der Waals surface area contributed by atoms with Crippen molar-refractivity contribution in [1.82, 2.24) is 10.9 Å². The summed E-state index contributed by atoms with van der Waals surface area (Å²) < 4.78 is 0. The molecule has 2 heterocycles. The Hall–Kier alpha value is -2.24. The van der Waals surface area contributed by atoms with Gasteiger partial charge >= 0.3 is 0 Å². The summed E-state index contributed by atoms with van der Waals surface area (Å²) in [5.41, 5.74) is 15.1. The third-order valence-electron chi connectivity index (χ3n) is 6.90. The molecule has 6 rings (SSSR count). The lowest BCUT2D eigenvalue weighted by molar-refractivity contribution is 0.571. The number of thioether (sulfide) groups is 1. The van der Waals surface area contributed by atoms with E-state index >= 15 is 0 Å². The Kier molecular flexibility index (Phi) is 5.50. The molecule has 2 N–H and O–H groups in total. The van der Waals surface area contributed by atoms with Crippen LogP contribution in [0.15, 0.2) is 100 Å². The fourth-order valence-electron chi connectivity index (χ4n) is 5.03. The van der Waals surface area contributed by atoms with Gasteiger partial charge in [-0.25, -0.2) is 10.9 Å². The molecule has 1 saturated heterocycles. The van der Waals surface area contributed by atoms with Gasteiger partial charge in [0.1, 0.15) is 0 Å². The van der Waals surface area contributed by atoms with Crippen LogP contribution in [0.1, 0.15) is 48.8 Å². The third-order valence-corrected chi connectivity index (χ3v) is 9.36. The van der Waals surface area contributed by atoms with Crippen LogP contribution in [0.4, 0.5) is 0 Å². The highest BCUT2D eigenvalue weighted by Crippen LogP contribution is 2.50. The normalized spacial score (nSPS) is 23.0. The fourth-order valence-corrected chi connectivity index (χ4v) is 7.64. The van der Waals surface area contributed by atoms with Crippen LogP contribution < -0.4 is 10.9 Å². The van der Waals surface area contributed by atoms with Crippen molar-refractivity contribution in [2.24, 2.45) is 0 Å². The summed E-state index contributed by atoms with van der Waals surface area (Å²) in [4.78, 5) is 2.74. The highest BCUT2D eigenvalue weighted by Gasteiger charge is 2.33. The first-order valence-electron chi connectivity index (χ1n) is 11.6. The molecule has 166 valence electrons. The number of nitrogens with one attached hydrogen (secondary N) is 2. The van der Waals surface area contributed by atoms with Crippen LogP contribution in [0.3, 0.4) is 0 Å². The summed E-state index contributed by atoms with van der Waals surface area (Å²) in [5, 5.41) is 0.543. The largest absolute Gasteiger partial charge is 0.239 e. The maximum Gasteiger partial charge on any atom is 0.0936 e. The first-order valence-corrected chi connectivity index (χ1v) is 13.4. The van der Waals surface area contributed by atoms with E-state index in [1.807, 2.05) is 23.5 Å². The number of fused-ring (bicyclic) bond motifs is 2. The molecular weight excluding hydrogens is 440 g/mol. The molecule has 3 aromatic carbocycles. The van der Waals surface area contributed by atoms with Crippen molar-refractivity contribution in [3.8, 4) is 11.1 Å². The molecule has 0 bridgehead atoms. The molecule has 2 unspecified atom stereocenters. The summed E-state index contributed by atoms with van der Waals surface area (Å²) in [6.45, 7) is 4.68. The molecule has 3 aromatic rings. The van der Waals surface area contributed by atoms with Crippen molar-refractivity contribution in [1.29, 1.82) is 0 Å². The number of allylic oxidation sites excluding steroid dienone is 2. The highest BCUT2D eigenvalue weighted by atomic mass is 32.2. The van der Waals surface area contributed by atoms with Gasteiger partial charge in [0.15, 0.2) is 0 Å². The van der Waals surface area contributed by atoms with Gasteiger partial charge in [0.25, 0.3) is 0 Å². The molecule has 2 aliphatic heterocycles. The Morgan fingerprint density at radius 1 is 0.788 bits per heavy atom. The second-order valence-corrected chi connectivity index (χ2v) is 11.7. The Morgan fingerprint density at radius 2 is 1.61 bits per heavy atom. The van der Waals surface area contributed by atoms with Crippen molar-refractivity contribution >= 4 is 23.5 Å². The molecule has 1 aliphatic carbocycles. The van der Waals surface area contributed by atoms with Crippen LogP contribution >= 0.6 is 23.5 Å². The molecule has 3 aliphatic rings. The van der Waals surface area contributed by atoms with Gasteiger partial charge in [0.2, 0.25) is 0 Å². The molecule has 4 heteroatoms. The van der Waals surface area contributed by atoms with Crippen molar-refractivity contribution < 1.29 is 0 Å². The number of hydrazine groups is 1. The maximum atomic E-state index is 3.50. The van der Waals surface area contributed by atoms with Crippen molar-refractivity contribution in [2.45, 2.75) is 52.6 Å². The minimum absolute atomic E-state index is 0.0187. The van der Waals surface area contributed by atoms with E-state index in [-0.39, 0.29) is 10.8 Å². The van der Waals surface area contributed by atoms with Crippen LogP contribution in [-0.4, -0.2) is 5.37 Å². The van der Waals surface area contributed by atoms with E-state index in [1.54, 1.807) is 0 Å². The van der Waals surface area contributed by atoms with Crippen LogP contribution in [-0.2, 0) is 5.41 Å². The molecule has 0 radical (unpaired) electrons. The predicted molar refractivity (Wildman–Crippen MR) is 141 cm³/mol. The number of rotatable bonds is 3. The third kappa shape index (κ3) is 3.89. The summed E-state index contributed by atoms with van der Waals surface area (Å²) in [7, 11) is 0. The number of hydrogen-bond donors (Lipinski definition) is 2.